The Bertz CT molecular complexity index is 2670. The molecule has 6 heteroatoms. The zero-order chi connectivity index (χ0) is 43.2. The Morgan fingerprint density at radius 2 is 0.967 bits per heavy atom. The van der Waals surface area contributed by atoms with E-state index in [2.05, 4.69) is 237 Å². The fourth-order valence-electron chi connectivity index (χ4n) is 8.89. The van der Waals surface area contributed by atoms with Gasteiger partial charge >= 0.3 is 0 Å². The van der Waals surface area contributed by atoms with Gasteiger partial charge in [-0.1, -0.05) is 167 Å². The summed E-state index contributed by atoms with van der Waals surface area (Å²) in [6, 6.07) is 52.1. The number of anilines is 9. The molecule has 0 amide bonds. The summed E-state index contributed by atoms with van der Waals surface area (Å²) >= 11 is 1.79. The molecule has 0 saturated heterocycles. The quantitative estimate of drug-likeness (QED) is 0.161. The van der Waals surface area contributed by atoms with E-state index in [0.29, 0.717) is 0 Å². The molecule has 61 heavy (non-hydrogen) atoms. The van der Waals surface area contributed by atoms with E-state index in [1.165, 1.54) is 55.9 Å². The van der Waals surface area contributed by atoms with Gasteiger partial charge in [0.15, 0.2) is 5.13 Å². The van der Waals surface area contributed by atoms with Crippen LogP contribution in [0.2, 0.25) is 0 Å². The van der Waals surface area contributed by atoms with Gasteiger partial charge in [0, 0.05) is 39.8 Å². The minimum Gasteiger partial charge on any atom is -0.311 e. The molecule has 4 nitrogen and oxygen atoms in total. The topological polar surface area (TPSA) is 22.6 Å². The van der Waals surface area contributed by atoms with E-state index in [1.807, 2.05) is 0 Å². The number of thiazole rings is 1. The summed E-state index contributed by atoms with van der Waals surface area (Å²) in [5.74, 6) is 0. The van der Waals surface area contributed by atoms with Crippen molar-refractivity contribution < 1.29 is 0 Å². The van der Waals surface area contributed by atoms with Crippen molar-refractivity contribution in [3.8, 4) is 0 Å². The molecule has 0 saturated carbocycles. The Hall–Kier alpha value is -5.59. The van der Waals surface area contributed by atoms with Gasteiger partial charge < -0.3 is 9.80 Å². The fourth-order valence-corrected chi connectivity index (χ4v) is 10.1. The molecular formula is C55H59BN4S. The molecule has 0 aliphatic carbocycles. The van der Waals surface area contributed by atoms with Crippen molar-refractivity contribution in [2.75, 3.05) is 14.7 Å². The van der Waals surface area contributed by atoms with Gasteiger partial charge in [-0.15, -0.1) is 0 Å². The number of benzene rings is 6. The van der Waals surface area contributed by atoms with E-state index < -0.39 is 0 Å². The van der Waals surface area contributed by atoms with Crippen LogP contribution in [0.15, 0.2) is 140 Å². The summed E-state index contributed by atoms with van der Waals surface area (Å²) in [7, 11) is 0. The molecule has 1 aromatic heterocycles. The lowest BCUT2D eigenvalue weighted by molar-refractivity contribution is 0.569. The minimum atomic E-state index is -0.0915. The SMILES string of the molecule is CC(C)(C)c1ccc(N2c3ccc(C(C)(C)C)cc3B3c4nc(N(c5ccccc5)c5ccccc5)sc4N(c4cc(C(C)(C)C)cc(C(C)(C)C)c4)c4cccc2c43)cc1. The van der Waals surface area contributed by atoms with Gasteiger partial charge in [0.05, 0.1) is 5.59 Å². The van der Waals surface area contributed by atoms with Crippen LogP contribution in [-0.4, -0.2) is 11.7 Å². The predicted molar refractivity (Wildman–Crippen MR) is 266 cm³/mol. The van der Waals surface area contributed by atoms with Gasteiger partial charge in [0.25, 0.3) is 6.71 Å². The maximum atomic E-state index is 5.86. The molecule has 2 aliphatic heterocycles. The first-order chi connectivity index (χ1) is 28.8. The highest BCUT2D eigenvalue weighted by molar-refractivity contribution is 7.23. The normalized spacial score (nSPS) is 13.8. The van der Waals surface area contributed by atoms with Gasteiger partial charge in [-0.3, -0.25) is 4.90 Å². The van der Waals surface area contributed by atoms with Crippen LogP contribution in [0.25, 0.3) is 0 Å². The van der Waals surface area contributed by atoms with Crippen molar-refractivity contribution in [3.63, 3.8) is 0 Å². The van der Waals surface area contributed by atoms with Crippen LogP contribution in [0.1, 0.15) is 105 Å². The monoisotopic (exact) mass is 818 g/mol. The Morgan fingerprint density at radius 3 is 1.49 bits per heavy atom. The van der Waals surface area contributed by atoms with Gasteiger partial charge in [-0.25, -0.2) is 4.98 Å². The van der Waals surface area contributed by atoms with Crippen molar-refractivity contribution in [3.05, 3.63) is 162 Å². The van der Waals surface area contributed by atoms with E-state index in [-0.39, 0.29) is 28.4 Å². The molecule has 6 aromatic carbocycles. The summed E-state index contributed by atoms with van der Waals surface area (Å²) in [6.07, 6.45) is 0. The molecule has 3 heterocycles. The third-order valence-corrected chi connectivity index (χ3v) is 13.5. The lowest BCUT2D eigenvalue weighted by atomic mass is 9.35. The molecule has 0 atom stereocenters. The van der Waals surface area contributed by atoms with E-state index in [9.17, 15) is 0 Å². The van der Waals surface area contributed by atoms with E-state index in [0.717, 1.165) is 32.8 Å². The van der Waals surface area contributed by atoms with Crippen LogP contribution >= 0.6 is 11.3 Å². The third-order valence-electron chi connectivity index (χ3n) is 12.5. The highest BCUT2D eigenvalue weighted by atomic mass is 32.1. The highest BCUT2D eigenvalue weighted by Crippen LogP contribution is 2.49. The molecule has 9 rings (SSSR count). The Labute approximate surface area is 369 Å². The molecule has 0 bridgehead atoms. The number of hydrogen-bond donors (Lipinski definition) is 0. The van der Waals surface area contributed by atoms with Crippen LogP contribution in [0, 0.1) is 0 Å². The summed E-state index contributed by atoms with van der Waals surface area (Å²) in [4.78, 5) is 13.2. The standard InChI is InChI=1S/C55H59BN4S/c1-52(2,3)36-26-29-42(30-27-36)59-45-31-28-37(53(4,5)6)35-44(45)56-48-46(59)24-19-25-47(48)60(43-33-38(54(7,8)9)32-39(34-43)55(10,11)12)50-49(56)57-51(61-50)58(40-20-15-13-16-21-40)41-22-17-14-18-23-41/h13-35H,1-12H3. The van der Waals surface area contributed by atoms with Gasteiger partial charge in [-0.05, 0) is 122 Å². The van der Waals surface area contributed by atoms with Crippen LogP contribution in [0.4, 0.5) is 49.9 Å². The average molecular weight is 819 g/mol. The molecule has 308 valence electrons. The predicted octanol–water partition coefficient (Wildman–Crippen LogP) is 13.9. The van der Waals surface area contributed by atoms with Gasteiger partial charge in [0.2, 0.25) is 0 Å². The zero-order valence-electron chi connectivity index (χ0n) is 38.1. The second-order valence-corrected chi connectivity index (χ2v) is 22.1. The maximum Gasteiger partial charge on any atom is 0.276 e. The van der Waals surface area contributed by atoms with Gasteiger partial charge in [-0.2, -0.15) is 0 Å². The molecule has 0 fully saturated rings. The van der Waals surface area contributed by atoms with Crippen molar-refractivity contribution in [1.82, 2.24) is 4.98 Å². The summed E-state index contributed by atoms with van der Waals surface area (Å²) in [5, 5.41) is 2.10. The number of aromatic nitrogens is 1. The number of rotatable bonds is 5. The maximum absolute atomic E-state index is 5.86. The minimum absolute atomic E-state index is 0.0427. The largest absolute Gasteiger partial charge is 0.311 e. The molecule has 7 aromatic rings. The lowest BCUT2D eigenvalue weighted by Crippen LogP contribution is -2.61. The Kier molecular flexibility index (Phi) is 9.71. The first kappa shape index (κ1) is 40.8. The number of para-hydroxylation sites is 2. The van der Waals surface area contributed by atoms with Crippen LogP contribution in [-0.2, 0) is 21.7 Å². The lowest BCUT2D eigenvalue weighted by Gasteiger charge is -2.43. The second kappa shape index (κ2) is 14.5. The van der Waals surface area contributed by atoms with Crippen molar-refractivity contribution >= 4 is 84.5 Å². The molecule has 2 aliphatic rings. The summed E-state index contributed by atoms with van der Waals surface area (Å²) in [5.41, 5.74) is 16.9. The van der Waals surface area contributed by atoms with E-state index >= 15 is 0 Å². The smallest absolute Gasteiger partial charge is 0.276 e. The fraction of sp³-hybridized carbons (Fsp3) is 0.291. The average Bonchev–Trinajstić information content (AvgIpc) is 3.64. The van der Waals surface area contributed by atoms with Crippen molar-refractivity contribution in [1.29, 1.82) is 0 Å². The molecule has 0 radical (unpaired) electrons. The molecule has 0 spiro atoms. The molecular weight excluding hydrogens is 760 g/mol. The molecule has 0 unspecified atom stereocenters. The zero-order valence-corrected chi connectivity index (χ0v) is 38.9. The first-order valence-corrected chi connectivity index (χ1v) is 22.7. The number of fused-ring (bicyclic) bond motifs is 4. The van der Waals surface area contributed by atoms with Crippen molar-refractivity contribution in [2.24, 2.45) is 0 Å². The van der Waals surface area contributed by atoms with Gasteiger partial charge in [0.1, 0.15) is 5.00 Å². The van der Waals surface area contributed by atoms with Crippen LogP contribution < -0.4 is 31.2 Å². The number of nitrogens with zero attached hydrogens (tertiary/aromatic N) is 4. The number of hydrogen-bond acceptors (Lipinski definition) is 5. The Morgan fingerprint density at radius 1 is 0.459 bits per heavy atom. The summed E-state index contributed by atoms with van der Waals surface area (Å²) in [6.45, 7) is 27.7. The van der Waals surface area contributed by atoms with E-state index in [1.54, 1.807) is 11.3 Å². The highest BCUT2D eigenvalue weighted by Gasteiger charge is 2.46. The van der Waals surface area contributed by atoms with Crippen LogP contribution in [0.3, 0.4) is 0 Å². The third kappa shape index (κ3) is 7.27. The van der Waals surface area contributed by atoms with Crippen LogP contribution in [0.5, 0.6) is 0 Å². The van der Waals surface area contributed by atoms with E-state index in [4.69, 9.17) is 4.98 Å². The first-order valence-electron chi connectivity index (χ1n) is 21.8. The second-order valence-electron chi connectivity index (χ2n) is 21.1. The molecule has 0 N–H and O–H groups in total. The summed E-state index contributed by atoms with van der Waals surface area (Å²) < 4.78 is 0. The van der Waals surface area contributed by atoms with Crippen molar-refractivity contribution in [2.45, 2.75) is 105 Å². The Balaban J connectivity index is 1.38.